The van der Waals surface area contributed by atoms with Gasteiger partial charge in [-0.2, -0.15) is 36.3 Å². The summed E-state index contributed by atoms with van der Waals surface area (Å²) in [4.78, 5) is 13.7. The molecule has 0 saturated carbocycles. The summed E-state index contributed by atoms with van der Waals surface area (Å²) in [5, 5.41) is 11.6. The number of nitrogens with zero attached hydrogens (tertiary/aromatic N) is 4. The molecule has 0 unspecified atom stereocenters. The Morgan fingerprint density at radius 2 is 1.76 bits per heavy atom. The van der Waals surface area contributed by atoms with Crippen LogP contribution in [-0.2, 0) is 18.8 Å². The maximum absolute atomic E-state index is 13.3. The minimum absolute atomic E-state index is 0.0339. The highest BCUT2D eigenvalue weighted by Crippen LogP contribution is 2.41. The number of rotatable bonds is 4. The average Bonchev–Trinajstić information content (AvgIpc) is 3.10. The molecule has 0 aliphatic carbocycles. The van der Waals surface area contributed by atoms with Crippen LogP contribution >= 0.6 is 11.6 Å². The summed E-state index contributed by atoms with van der Waals surface area (Å²) in [7, 11) is 0. The highest BCUT2D eigenvalue weighted by atomic mass is 35.5. The Balaban J connectivity index is 1.87. The number of halogens is 7. The summed E-state index contributed by atoms with van der Waals surface area (Å²) in [6.45, 7) is 1.75. The fourth-order valence-corrected chi connectivity index (χ4v) is 4.17. The van der Waals surface area contributed by atoms with Crippen molar-refractivity contribution in [1.82, 2.24) is 19.9 Å². The number of nitrogens with one attached hydrogen (secondary N) is 1. The van der Waals surface area contributed by atoms with Crippen molar-refractivity contribution in [2.75, 3.05) is 11.4 Å². The number of hydrogen-bond acceptors (Lipinski definition) is 5. The van der Waals surface area contributed by atoms with Gasteiger partial charge >= 0.3 is 12.4 Å². The first-order valence-electron chi connectivity index (χ1n) is 10.0. The van der Waals surface area contributed by atoms with Gasteiger partial charge in [0.15, 0.2) is 0 Å². The number of aromatic amines is 1. The van der Waals surface area contributed by atoms with Crippen molar-refractivity contribution < 1.29 is 31.4 Å². The van der Waals surface area contributed by atoms with Gasteiger partial charge in [-0.05, 0) is 43.0 Å². The Kier molecular flexibility index (Phi) is 5.94. The molecule has 1 aliphatic heterocycles. The molecule has 178 valence electrons. The van der Waals surface area contributed by atoms with Crippen LogP contribution in [0.1, 0.15) is 48.7 Å². The van der Waals surface area contributed by atoms with E-state index in [2.05, 4.69) is 19.9 Å². The van der Waals surface area contributed by atoms with Crippen molar-refractivity contribution in [2.45, 2.75) is 50.7 Å². The van der Waals surface area contributed by atoms with E-state index in [9.17, 15) is 31.4 Å². The van der Waals surface area contributed by atoms with Crippen LogP contribution in [0.4, 0.5) is 32.3 Å². The predicted molar refractivity (Wildman–Crippen MR) is 108 cm³/mol. The lowest BCUT2D eigenvalue weighted by Gasteiger charge is -2.37. The van der Waals surface area contributed by atoms with Crippen LogP contribution in [0.2, 0.25) is 5.02 Å². The normalized spacial score (nSPS) is 18.0. The summed E-state index contributed by atoms with van der Waals surface area (Å²) in [6.07, 6.45) is -10.6. The molecule has 13 heteroatoms. The third kappa shape index (κ3) is 4.58. The molecule has 4 rings (SSSR count). The molecule has 2 atom stereocenters. The molecule has 1 aromatic carbocycles. The molecule has 0 saturated heterocycles. The molecule has 2 aromatic heterocycles. The summed E-state index contributed by atoms with van der Waals surface area (Å²) in [6, 6.07) is 4.35. The van der Waals surface area contributed by atoms with Crippen LogP contribution in [0, 0.1) is 0 Å². The van der Waals surface area contributed by atoms with Crippen LogP contribution in [0.3, 0.4) is 0 Å². The van der Waals surface area contributed by atoms with E-state index in [0.29, 0.717) is 29.1 Å². The minimum Gasteiger partial charge on any atom is -0.393 e. The molecular weight excluding hydrogens is 476 g/mol. The fraction of sp³-hybridized carbons (Fsp3) is 0.450. The number of hydrogen-bond donors (Lipinski definition) is 2. The molecule has 0 fully saturated rings. The molecule has 3 aromatic rings. The van der Waals surface area contributed by atoms with Crippen LogP contribution in [0.25, 0.3) is 10.9 Å². The van der Waals surface area contributed by atoms with Crippen LogP contribution < -0.4 is 4.90 Å². The quantitative estimate of drug-likeness (QED) is 0.482. The second-order valence-electron chi connectivity index (χ2n) is 7.74. The fourth-order valence-electron chi connectivity index (χ4n) is 3.99. The van der Waals surface area contributed by atoms with E-state index in [0.717, 1.165) is 10.9 Å². The minimum atomic E-state index is -5.20. The van der Waals surface area contributed by atoms with Crippen molar-refractivity contribution in [3.05, 3.63) is 46.1 Å². The molecular formula is C20H18ClF6N5O. The number of alkyl halides is 6. The second-order valence-corrected chi connectivity index (χ2v) is 8.18. The average molecular weight is 494 g/mol. The number of H-pyrrole nitrogens is 1. The summed E-state index contributed by atoms with van der Waals surface area (Å²) in [5.74, 6) is -4.60. The number of aromatic nitrogens is 4. The number of aliphatic hydroxyl groups excluding tert-OH is 1. The van der Waals surface area contributed by atoms with E-state index in [4.69, 9.17) is 11.6 Å². The van der Waals surface area contributed by atoms with Gasteiger partial charge in [-0.15, -0.1) is 0 Å². The highest BCUT2D eigenvalue weighted by Gasteiger charge is 2.43. The van der Waals surface area contributed by atoms with Crippen LogP contribution in [0.15, 0.2) is 18.2 Å². The maximum atomic E-state index is 13.3. The first-order chi connectivity index (χ1) is 15.4. The smallest absolute Gasteiger partial charge is 0.393 e. The topological polar surface area (TPSA) is 77.9 Å². The van der Waals surface area contributed by atoms with Crippen molar-refractivity contribution >= 4 is 28.5 Å². The predicted octanol–water partition coefficient (Wildman–Crippen LogP) is 5.31. The molecule has 0 spiro atoms. The van der Waals surface area contributed by atoms with Gasteiger partial charge in [0.05, 0.1) is 12.1 Å². The van der Waals surface area contributed by atoms with Gasteiger partial charge in [0, 0.05) is 28.2 Å². The van der Waals surface area contributed by atoms with E-state index in [-0.39, 0.29) is 13.0 Å². The van der Waals surface area contributed by atoms with E-state index in [1.165, 1.54) is 4.90 Å². The number of benzene rings is 1. The zero-order chi connectivity index (χ0) is 24.1. The van der Waals surface area contributed by atoms with Gasteiger partial charge in [0.2, 0.25) is 17.6 Å². The highest BCUT2D eigenvalue weighted by molar-refractivity contribution is 6.31. The summed E-state index contributed by atoms with van der Waals surface area (Å²) in [5.41, 5.74) is 2.11. The Hall–Kier alpha value is -2.60. The third-order valence-corrected chi connectivity index (χ3v) is 5.80. The van der Waals surface area contributed by atoms with Gasteiger partial charge in [0.1, 0.15) is 0 Å². The third-order valence-electron chi connectivity index (χ3n) is 5.57. The molecule has 6 nitrogen and oxygen atoms in total. The van der Waals surface area contributed by atoms with Crippen LogP contribution in [0.5, 0.6) is 0 Å². The molecule has 3 heterocycles. The summed E-state index contributed by atoms with van der Waals surface area (Å²) < 4.78 is 79.7. The molecule has 1 aliphatic rings. The lowest BCUT2D eigenvalue weighted by atomic mass is 9.93. The SMILES string of the molecule is CC[C@@H](O)C[C@H]1c2[nH]c3ccc(Cl)cc3c2CCN1c1nc(C(F)(F)F)nc(C(F)(F)F)n1. The van der Waals surface area contributed by atoms with Gasteiger partial charge in [-0.1, -0.05) is 18.5 Å². The molecule has 0 radical (unpaired) electrons. The van der Waals surface area contributed by atoms with Gasteiger partial charge in [0.25, 0.3) is 0 Å². The largest absolute Gasteiger partial charge is 0.451 e. The zero-order valence-electron chi connectivity index (χ0n) is 17.1. The number of fused-ring (bicyclic) bond motifs is 3. The Morgan fingerprint density at radius 1 is 1.12 bits per heavy atom. The van der Waals surface area contributed by atoms with E-state index in [1.807, 2.05) is 0 Å². The van der Waals surface area contributed by atoms with E-state index >= 15 is 0 Å². The van der Waals surface area contributed by atoms with E-state index in [1.54, 1.807) is 25.1 Å². The Bertz CT molecular complexity index is 1150. The van der Waals surface area contributed by atoms with Crippen molar-refractivity contribution in [2.24, 2.45) is 0 Å². The Labute approximate surface area is 188 Å². The van der Waals surface area contributed by atoms with Crippen molar-refractivity contribution in [3.8, 4) is 0 Å². The lowest BCUT2D eigenvalue weighted by Crippen LogP contribution is -2.39. The number of aliphatic hydroxyl groups is 1. The molecule has 0 bridgehead atoms. The van der Waals surface area contributed by atoms with Gasteiger partial charge < -0.3 is 15.0 Å². The zero-order valence-corrected chi connectivity index (χ0v) is 17.9. The second kappa shape index (κ2) is 8.32. The standard InChI is InChI=1S/C20H18ClF6N5O/c1-2-10(33)8-14-15-11(12-7-9(21)3-4-13(12)28-15)5-6-32(14)18-30-16(19(22,23)24)29-17(31-18)20(25,26)27/h3-4,7,10,14,28,33H,2,5-6,8H2,1H3/t10-,14+/m1/s1. The lowest BCUT2D eigenvalue weighted by molar-refractivity contribution is -0.155. The first-order valence-corrected chi connectivity index (χ1v) is 10.4. The Morgan fingerprint density at radius 3 is 2.33 bits per heavy atom. The van der Waals surface area contributed by atoms with Crippen molar-refractivity contribution in [3.63, 3.8) is 0 Å². The number of anilines is 1. The van der Waals surface area contributed by atoms with Crippen molar-refractivity contribution in [1.29, 1.82) is 0 Å². The monoisotopic (exact) mass is 493 g/mol. The van der Waals surface area contributed by atoms with Crippen LogP contribution in [-0.4, -0.2) is 37.7 Å². The van der Waals surface area contributed by atoms with Gasteiger partial charge in [-0.3, -0.25) is 0 Å². The first kappa shape index (κ1) is 23.6. The molecule has 0 amide bonds. The molecule has 33 heavy (non-hydrogen) atoms. The van der Waals surface area contributed by atoms with Gasteiger partial charge in [-0.25, -0.2) is 4.98 Å². The maximum Gasteiger partial charge on any atom is 0.451 e. The summed E-state index contributed by atoms with van der Waals surface area (Å²) >= 11 is 6.10. The molecule has 2 N–H and O–H groups in total. The van der Waals surface area contributed by atoms with E-state index < -0.39 is 42.1 Å².